The molecule has 5 heteroatoms. The highest BCUT2D eigenvalue weighted by molar-refractivity contribution is 7.15. The molecule has 0 radical (unpaired) electrons. The van der Waals surface area contributed by atoms with Crippen LogP contribution < -0.4 is 10.5 Å². The number of aryl methyl sites for hydroxylation is 2. The summed E-state index contributed by atoms with van der Waals surface area (Å²) in [4.78, 5) is 5.54. The number of imidazole rings is 1. The van der Waals surface area contributed by atoms with Crippen LogP contribution in [0.2, 0.25) is 0 Å². The van der Waals surface area contributed by atoms with Gasteiger partial charge >= 0.3 is 0 Å². The maximum absolute atomic E-state index is 6.05. The SMILES string of the molecule is NCCc1c(Oc2ccc3c(c2)CCC3)nc2sccn12. The van der Waals surface area contributed by atoms with Crippen molar-refractivity contribution in [3.63, 3.8) is 0 Å². The molecule has 2 heterocycles. The normalized spacial score (nSPS) is 13.8. The van der Waals surface area contributed by atoms with Crippen molar-refractivity contribution in [1.82, 2.24) is 9.38 Å². The summed E-state index contributed by atoms with van der Waals surface area (Å²) in [7, 11) is 0. The van der Waals surface area contributed by atoms with E-state index in [1.807, 2.05) is 17.6 Å². The molecular weight excluding hydrogens is 282 g/mol. The summed E-state index contributed by atoms with van der Waals surface area (Å²) in [5, 5.41) is 2.03. The highest BCUT2D eigenvalue weighted by Crippen LogP contribution is 2.31. The molecule has 4 rings (SSSR count). The first-order valence-electron chi connectivity index (χ1n) is 7.29. The van der Waals surface area contributed by atoms with E-state index >= 15 is 0 Å². The molecule has 1 aromatic carbocycles. The molecule has 0 spiro atoms. The number of ether oxygens (including phenoxy) is 1. The molecule has 21 heavy (non-hydrogen) atoms. The Balaban J connectivity index is 1.70. The molecule has 2 aromatic heterocycles. The Kier molecular flexibility index (Phi) is 3.16. The summed E-state index contributed by atoms with van der Waals surface area (Å²) in [5.41, 5.74) is 9.64. The van der Waals surface area contributed by atoms with Gasteiger partial charge in [-0.1, -0.05) is 6.07 Å². The van der Waals surface area contributed by atoms with Crippen LogP contribution in [0.3, 0.4) is 0 Å². The fraction of sp³-hybridized carbons (Fsp3) is 0.312. The number of benzene rings is 1. The van der Waals surface area contributed by atoms with Gasteiger partial charge in [-0.15, -0.1) is 11.3 Å². The summed E-state index contributed by atoms with van der Waals surface area (Å²) in [6.07, 6.45) is 6.37. The lowest BCUT2D eigenvalue weighted by Crippen LogP contribution is -2.05. The van der Waals surface area contributed by atoms with Crippen LogP contribution in [0, 0.1) is 0 Å². The molecular formula is C16H17N3OS. The quantitative estimate of drug-likeness (QED) is 0.805. The van der Waals surface area contributed by atoms with Gasteiger partial charge in [0.25, 0.3) is 0 Å². The van der Waals surface area contributed by atoms with E-state index in [1.165, 1.54) is 24.0 Å². The highest BCUT2D eigenvalue weighted by atomic mass is 32.1. The summed E-state index contributed by atoms with van der Waals surface area (Å²) in [5.74, 6) is 1.56. The number of hydrogen-bond acceptors (Lipinski definition) is 4. The third kappa shape index (κ3) is 2.22. The number of hydrogen-bond donors (Lipinski definition) is 1. The Labute approximate surface area is 127 Å². The minimum atomic E-state index is 0.587. The minimum Gasteiger partial charge on any atom is -0.437 e. The fourth-order valence-corrected chi connectivity index (χ4v) is 3.71. The van der Waals surface area contributed by atoms with Crippen LogP contribution in [0.25, 0.3) is 4.96 Å². The number of thiazole rings is 1. The van der Waals surface area contributed by atoms with Crippen LogP contribution in [0.15, 0.2) is 29.8 Å². The van der Waals surface area contributed by atoms with Crippen molar-refractivity contribution in [2.45, 2.75) is 25.7 Å². The van der Waals surface area contributed by atoms with Gasteiger partial charge in [-0.05, 0) is 49.1 Å². The summed E-state index contributed by atoms with van der Waals surface area (Å²) < 4.78 is 8.12. The van der Waals surface area contributed by atoms with Gasteiger partial charge in [0.1, 0.15) is 5.75 Å². The van der Waals surface area contributed by atoms with Gasteiger partial charge in [0.15, 0.2) is 4.96 Å². The largest absolute Gasteiger partial charge is 0.437 e. The van der Waals surface area contributed by atoms with E-state index in [0.717, 1.165) is 29.2 Å². The smallest absolute Gasteiger partial charge is 0.242 e. The zero-order valence-electron chi connectivity index (χ0n) is 11.7. The van der Waals surface area contributed by atoms with Gasteiger partial charge in [-0.2, -0.15) is 4.98 Å². The molecule has 1 aliphatic carbocycles. The van der Waals surface area contributed by atoms with Gasteiger partial charge in [0.05, 0.1) is 5.69 Å². The Bertz CT molecular complexity index is 790. The molecule has 0 saturated carbocycles. The first-order chi connectivity index (χ1) is 10.3. The average Bonchev–Trinajstić information content (AvgIpc) is 3.17. The Hall–Kier alpha value is -1.85. The zero-order chi connectivity index (χ0) is 14.2. The Morgan fingerprint density at radius 1 is 1.29 bits per heavy atom. The van der Waals surface area contributed by atoms with Crippen molar-refractivity contribution >= 4 is 16.3 Å². The van der Waals surface area contributed by atoms with Crippen molar-refractivity contribution in [2.75, 3.05) is 6.54 Å². The van der Waals surface area contributed by atoms with E-state index < -0.39 is 0 Å². The van der Waals surface area contributed by atoms with Crippen molar-refractivity contribution in [3.8, 4) is 11.6 Å². The number of fused-ring (bicyclic) bond motifs is 2. The maximum atomic E-state index is 6.05. The maximum Gasteiger partial charge on any atom is 0.242 e. The minimum absolute atomic E-state index is 0.587. The molecule has 4 nitrogen and oxygen atoms in total. The lowest BCUT2D eigenvalue weighted by Gasteiger charge is -2.07. The molecule has 2 N–H and O–H groups in total. The second-order valence-electron chi connectivity index (χ2n) is 5.34. The lowest BCUT2D eigenvalue weighted by molar-refractivity contribution is 0.458. The topological polar surface area (TPSA) is 52.5 Å². The Morgan fingerprint density at radius 3 is 3.10 bits per heavy atom. The molecule has 0 unspecified atom stereocenters. The standard InChI is InChI=1S/C16H17N3OS/c17-7-6-14-15(18-16-19(14)8-9-21-16)20-13-5-4-11-2-1-3-12(11)10-13/h4-5,8-10H,1-3,6-7,17H2. The van der Waals surface area contributed by atoms with Crippen LogP contribution in [0.4, 0.5) is 0 Å². The first kappa shape index (κ1) is 12.9. The van der Waals surface area contributed by atoms with E-state index in [0.29, 0.717) is 12.4 Å². The van der Waals surface area contributed by atoms with Crippen LogP contribution in [-0.4, -0.2) is 15.9 Å². The Morgan fingerprint density at radius 2 is 2.19 bits per heavy atom. The van der Waals surface area contributed by atoms with Gasteiger partial charge in [-0.25, -0.2) is 0 Å². The van der Waals surface area contributed by atoms with Crippen LogP contribution >= 0.6 is 11.3 Å². The van der Waals surface area contributed by atoms with E-state index in [1.54, 1.807) is 11.3 Å². The van der Waals surface area contributed by atoms with Crippen molar-refractivity contribution < 1.29 is 4.74 Å². The molecule has 108 valence electrons. The molecule has 3 aromatic rings. The van der Waals surface area contributed by atoms with Gasteiger partial charge in [0, 0.05) is 18.0 Å². The van der Waals surface area contributed by atoms with Gasteiger partial charge in [0.2, 0.25) is 5.88 Å². The summed E-state index contributed by atoms with van der Waals surface area (Å²) in [6, 6.07) is 6.38. The van der Waals surface area contributed by atoms with E-state index in [2.05, 4.69) is 21.5 Å². The van der Waals surface area contributed by atoms with E-state index in [-0.39, 0.29) is 0 Å². The van der Waals surface area contributed by atoms with Crippen molar-refractivity contribution in [1.29, 1.82) is 0 Å². The third-order valence-electron chi connectivity index (χ3n) is 3.99. The first-order valence-corrected chi connectivity index (χ1v) is 8.17. The van der Waals surface area contributed by atoms with Gasteiger partial charge in [-0.3, -0.25) is 4.40 Å². The van der Waals surface area contributed by atoms with Gasteiger partial charge < -0.3 is 10.5 Å². The summed E-state index contributed by atoms with van der Waals surface area (Å²) >= 11 is 1.61. The predicted octanol–water partition coefficient (Wildman–Crippen LogP) is 3.18. The molecule has 0 fully saturated rings. The summed E-state index contributed by atoms with van der Waals surface area (Å²) in [6.45, 7) is 0.587. The second kappa shape index (κ2) is 5.16. The molecule has 0 amide bonds. The lowest BCUT2D eigenvalue weighted by atomic mass is 10.1. The number of nitrogens with two attached hydrogens (primary N) is 1. The molecule has 0 atom stereocenters. The molecule has 0 saturated heterocycles. The van der Waals surface area contributed by atoms with Crippen LogP contribution in [0.5, 0.6) is 11.6 Å². The van der Waals surface area contributed by atoms with E-state index in [9.17, 15) is 0 Å². The number of rotatable bonds is 4. The van der Waals surface area contributed by atoms with Crippen molar-refractivity contribution in [3.05, 3.63) is 46.6 Å². The zero-order valence-corrected chi connectivity index (χ0v) is 12.5. The molecule has 0 aliphatic heterocycles. The molecule has 0 bridgehead atoms. The molecule has 1 aliphatic rings. The third-order valence-corrected chi connectivity index (χ3v) is 4.75. The fourth-order valence-electron chi connectivity index (χ4n) is 2.98. The second-order valence-corrected chi connectivity index (χ2v) is 6.22. The monoisotopic (exact) mass is 299 g/mol. The predicted molar refractivity (Wildman–Crippen MR) is 84.4 cm³/mol. The highest BCUT2D eigenvalue weighted by Gasteiger charge is 2.16. The average molecular weight is 299 g/mol. The van der Waals surface area contributed by atoms with Crippen LogP contribution in [-0.2, 0) is 19.3 Å². The number of aromatic nitrogens is 2. The van der Waals surface area contributed by atoms with E-state index in [4.69, 9.17) is 10.5 Å². The number of nitrogens with zero attached hydrogens (tertiary/aromatic N) is 2. The van der Waals surface area contributed by atoms with Crippen molar-refractivity contribution in [2.24, 2.45) is 5.73 Å². The van der Waals surface area contributed by atoms with Crippen LogP contribution in [0.1, 0.15) is 23.2 Å².